The Morgan fingerprint density at radius 2 is 1.92 bits per heavy atom. The van der Waals surface area contributed by atoms with Gasteiger partial charge in [0.25, 0.3) is 0 Å². The summed E-state index contributed by atoms with van der Waals surface area (Å²) in [4.78, 5) is 12.3. The van der Waals surface area contributed by atoms with Crippen LogP contribution in [-0.2, 0) is 11.2 Å². The number of halogens is 2. The van der Waals surface area contributed by atoms with Crippen LogP contribution in [0.2, 0.25) is 0 Å². The molecule has 0 bridgehead atoms. The highest BCUT2D eigenvalue weighted by molar-refractivity contribution is 9.10. The molecule has 0 aromatic heterocycles. The minimum Gasteiger partial charge on any atom is -0.496 e. The maximum atomic E-state index is 12.3. The Labute approximate surface area is 157 Å². The number of rotatable bonds is 6. The van der Waals surface area contributed by atoms with Crippen LogP contribution in [0.25, 0.3) is 0 Å². The van der Waals surface area contributed by atoms with Crippen molar-refractivity contribution in [3.8, 4) is 5.75 Å². The fraction of sp³-hybridized carbons (Fsp3) is 0.278. The van der Waals surface area contributed by atoms with Crippen LogP contribution in [0.15, 0.2) is 53.0 Å². The Hall–Kier alpha value is -1.56. The summed E-state index contributed by atoms with van der Waals surface area (Å²) in [5.74, 6) is 0.598. The van der Waals surface area contributed by atoms with Crippen molar-refractivity contribution in [1.29, 1.82) is 0 Å². The maximum absolute atomic E-state index is 12.3. The van der Waals surface area contributed by atoms with Crippen molar-refractivity contribution in [3.63, 3.8) is 0 Å². The number of hydrogen-bond acceptors (Lipinski definition) is 3. The summed E-state index contributed by atoms with van der Waals surface area (Å²) in [5.41, 5.74) is 8.04. The Balaban J connectivity index is 0.00000288. The van der Waals surface area contributed by atoms with Crippen LogP contribution in [0.4, 0.5) is 0 Å². The number of nitrogens with one attached hydrogen (secondary N) is 1. The third kappa shape index (κ3) is 5.51. The van der Waals surface area contributed by atoms with E-state index in [2.05, 4.69) is 21.2 Å². The lowest BCUT2D eigenvalue weighted by Crippen LogP contribution is -2.42. The second kappa shape index (κ2) is 9.67. The minimum absolute atomic E-state index is 0. The van der Waals surface area contributed by atoms with Gasteiger partial charge in [-0.3, -0.25) is 4.79 Å². The van der Waals surface area contributed by atoms with Gasteiger partial charge in [0.1, 0.15) is 5.75 Å². The van der Waals surface area contributed by atoms with Gasteiger partial charge in [0.05, 0.1) is 23.7 Å². The highest BCUT2D eigenvalue weighted by Crippen LogP contribution is 2.27. The molecule has 0 radical (unpaired) electrons. The maximum Gasteiger partial charge on any atom is 0.237 e. The van der Waals surface area contributed by atoms with E-state index in [4.69, 9.17) is 10.5 Å². The molecule has 3 N–H and O–H groups in total. The van der Waals surface area contributed by atoms with Gasteiger partial charge in [-0.2, -0.15) is 0 Å². The molecule has 2 aromatic carbocycles. The van der Waals surface area contributed by atoms with E-state index >= 15 is 0 Å². The number of amides is 1. The van der Waals surface area contributed by atoms with Gasteiger partial charge < -0.3 is 15.8 Å². The van der Waals surface area contributed by atoms with Crippen LogP contribution in [0.5, 0.6) is 5.75 Å². The van der Waals surface area contributed by atoms with E-state index in [-0.39, 0.29) is 24.4 Å². The molecule has 1 amide bonds. The number of carbonyl (C=O) groups excluding carboxylic acids is 1. The molecular weight excluding hydrogens is 392 g/mol. The molecule has 24 heavy (non-hydrogen) atoms. The van der Waals surface area contributed by atoms with Gasteiger partial charge >= 0.3 is 0 Å². The number of methoxy groups -OCH3 is 1. The molecule has 0 spiro atoms. The molecule has 2 aromatic rings. The van der Waals surface area contributed by atoms with Crippen molar-refractivity contribution in [2.75, 3.05) is 7.11 Å². The second-order valence-electron chi connectivity index (χ2n) is 5.42. The SMILES string of the molecule is COc1ccc(C(C)NC(=O)C(N)Cc2ccccc2)cc1Br.Cl. The van der Waals surface area contributed by atoms with E-state index in [9.17, 15) is 4.79 Å². The molecule has 0 saturated carbocycles. The van der Waals surface area contributed by atoms with E-state index in [1.54, 1.807) is 7.11 Å². The average molecular weight is 414 g/mol. The van der Waals surface area contributed by atoms with Crippen molar-refractivity contribution in [2.24, 2.45) is 5.73 Å². The number of nitrogens with two attached hydrogens (primary N) is 1. The normalized spacial score (nSPS) is 12.7. The standard InChI is InChI=1S/C18H21BrN2O2.ClH/c1-12(14-8-9-17(23-2)15(19)11-14)21-18(22)16(20)10-13-6-4-3-5-7-13;/h3-9,11-12,16H,10,20H2,1-2H3,(H,21,22);1H. The van der Waals surface area contributed by atoms with Gasteiger partial charge in [-0.25, -0.2) is 0 Å². The Kier molecular flexibility index (Phi) is 8.25. The van der Waals surface area contributed by atoms with Crippen LogP contribution < -0.4 is 15.8 Å². The Morgan fingerprint density at radius 3 is 2.50 bits per heavy atom. The second-order valence-corrected chi connectivity index (χ2v) is 6.27. The molecule has 0 aliphatic rings. The van der Waals surface area contributed by atoms with Crippen molar-refractivity contribution in [3.05, 3.63) is 64.1 Å². The zero-order valence-corrected chi connectivity index (χ0v) is 16.1. The highest BCUT2D eigenvalue weighted by Gasteiger charge is 2.17. The molecule has 0 saturated heterocycles. The first kappa shape index (κ1) is 20.5. The fourth-order valence-electron chi connectivity index (χ4n) is 2.32. The molecule has 2 unspecified atom stereocenters. The Bertz CT molecular complexity index is 667. The van der Waals surface area contributed by atoms with Crippen molar-refractivity contribution in [2.45, 2.75) is 25.4 Å². The summed E-state index contributed by atoms with van der Waals surface area (Å²) in [6, 6.07) is 14.8. The number of carbonyl (C=O) groups is 1. The third-order valence-electron chi connectivity index (χ3n) is 3.67. The summed E-state index contributed by atoms with van der Waals surface area (Å²) in [6.45, 7) is 1.93. The van der Waals surface area contributed by atoms with Crippen LogP contribution >= 0.6 is 28.3 Å². The summed E-state index contributed by atoms with van der Waals surface area (Å²) in [5, 5.41) is 2.96. The first-order valence-electron chi connectivity index (χ1n) is 7.44. The zero-order valence-electron chi connectivity index (χ0n) is 13.7. The first-order valence-corrected chi connectivity index (χ1v) is 8.24. The van der Waals surface area contributed by atoms with Crippen molar-refractivity contribution < 1.29 is 9.53 Å². The van der Waals surface area contributed by atoms with E-state index < -0.39 is 6.04 Å². The molecule has 2 rings (SSSR count). The van der Waals surface area contributed by atoms with Crippen LogP contribution in [-0.4, -0.2) is 19.1 Å². The van der Waals surface area contributed by atoms with Gasteiger partial charge in [0.2, 0.25) is 5.91 Å². The lowest BCUT2D eigenvalue weighted by atomic mass is 10.0. The van der Waals surface area contributed by atoms with Gasteiger partial charge in [-0.15, -0.1) is 12.4 Å². The topological polar surface area (TPSA) is 64.3 Å². The smallest absolute Gasteiger partial charge is 0.237 e. The van der Waals surface area contributed by atoms with Crippen molar-refractivity contribution >= 4 is 34.2 Å². The van der Waals surface area contributed by atoms with E-state index in [1.165, 1.54) is 0 Å². The molecule has 0 aliphatic carbocycles. The molecular formula is C18H22BrClN2O2. The monoisotopic (exact) mass is 412 g/mol. The molecule has 4 nitrogen and oxygen atoms in total. The van der Waals surface area contributed by atoms with Crippen molar-refractivity contribution in [1.82, 2.24) is 5.32 Å². The summed E-state index contributed by atoms with van der Waals surface area (Å²) in [7, 11) is 1.62. The molecule has 0 fully saturated rings. The Morgan fingerprint density at radius 1 is 1.25 bits per heavy atom. The summed E-state index contributed by atoms with van der Waals surface area (Å²) < 4.78 is 6.07. The lowest BCUT2D eigenvalue weighted by Gasteiger charge is -2.18. The van der Waals surface area contributed by atoms with Gasteiger partial charge in [0.15, 0.2) is 0 Å². The predicted molar refractivity (Wildman–Crippen MR) is 103 cm³/mol. The molecule has 2 atom stereocenters. The van der Waals surface area contributed by atoms with E-state index in [0.29, 0.717) is 6.42 Å². The van der Waals surface area contributed by atoms with Crippen LogP contribution in [0.1, 0.15) is 24.1 Å². The predicted octanol–water partition coefficient (Wildman–Crippen LogP) is 3.63. The summed E-state index contributed by atoms with van der Waals surface area (Å²) >= 11 is 3.45. The quantitative estimate of drug-likeness (QED) is 0.760. The average Bonchev–Trinajstić information content (AvgIpc) is 2.55. The number of ether oxygens (including phenoxy) is 1. The van der Waals surface area contributed by atoms with Gasteiger partial charge in [0, 0.05) is 0 Å². The molecule has 0 aliphatic heterocycles. The third-order valence-corrected chi connectivity index (χ3v) is 4.29. The first-order chi connectivity index (χ1) is 11.0. The minimum atomic E-state index is -0.568. The van der Waals surface area contributed by atoms with E-state index in [0.717, 1.165) is 21.3 Å². The lowest BCUT2D eigenvalue weighted by molar-refractivity contribution is -0.123. The zero-order chi connectivity index (χ0) is 16.8. The molecule has 130 valence electrons. The largest absolute Gasteiger partial charge is 0.496 e. The molecule has 0 heterocycles. The van der Waals surface area contributed by atoms with E-state index in [1.807, 2.05) is 55.5 Å². The number of benzene rings is 2. The van der Waals surface area contributed by atoms with Gasteiger partial charge in [-0.05, 0) is 52.5 Å². The van der Waals surface area contributed by atoms with Crippen LogP contribution in [0, 0.1) is 0 Å². The van der Waals surface area contributed by atoms with Gasteiger partial charge in [-0.1, -0.05) is 36.4 Å². The summed E-state index contributed by atoms with van der Waals surface area (Å²) in [6.07, 6.45) is 0.520. The fourth-order valence-corrected chi connectivity index (χ4v) is 2.87. The van der Waals surface area contributed by atoms with Crippen LogP contribution in [0.3, 0.4) is 0 Å². The number of hydrogen-bond donors (Lipinski definition) is 2. The highest BCUT2D eigenvalue weighted by atomic mass is 79.9. The molecule has 6 heteroatoms.